The fourth-order valence-electron chi connectivity index (χ4n) is 3.91. The van der Waals surface area contributed by atoms with Crippen molar-refractivity contribution >= 4 is 40.9 Å². The molecule has 1 aliphatic rings. The van der Waals surface area contributed by atoms with Crippen LogP contribution in [0.25, 0.3) is 0 Å². The molecule has 0 aromatic heterocycles. The number of halogens is 2. The first-order valence-electron chi connectivity index (χ1n) is 10.6. The summed E-state index contributed by atoms with van der Waals surface area (Å²) in [5.41, 5.74) is 1.98. The van der Waals surface area contributed by atoms with Gasteiger partial charge in [0.15, 0.2) is 0 Å². The average Bonchev–Trinajstić information content (AvgIpc) is 2.68. The Kier molecular flexibility index (Phi) is 8.01. The first kappa shape index (κ1) is 24.4. The molecule has 168 valence electrons. The zero-order chi connectivity index (χ0) is 22.8. The molecule has 0 bridgehead atoms. The standard InChI is InChI=1S/C25H31Cl2NO2S/c1-16(2)21(15-31-25(3,4)5)28-22(29)14-30-24(18-7-6-8-20(27)13-18)23(28)17-9-11-19(26)12-10-17/h6-13,16,21,23-24H,14-15H2,1-5H3/t21?,23-,24-/m1/s1. The van der Waals surface area contributed by atoms with E-state index < -0.39 is 0 Å². The quantitative estimate of drug-likeness (QED) is 0.438. The lowest BCUT2D eigenvalue weighted by molar-refractivity contribution is -0.164. The second-order valence-corrected chi connectivity index (χ2v) is 12.0. The van der Waals surface area contributed by atoms with Gasteiger partial charge in [-0.3, -0.25) is 4.79 Å². The van der Waals surface area contributed by atoms with E-state index in [1.807, 2.05) is 60.3 Å². The summed E-state index contributed by atoms with van der Waals surface area (Å²) in [5, 5.41) is 1.32. The summed E-state index contributed by atoms with van der Waals surface area (Å²) in [4.78, 5) is 15.4. The molecule has 0 saturated carbocycles. The van der Waals surface area contributed by atoms with Crippen LogP contribution in [0.2, 0.25) is 10.0 Å². The van der Waals surface area contributed by atoms with Gasteiger partial charge in [0.05, 0.1) is 6.04 Å². The minimum atomic E-state index is -0.307. The van der Waals surface area contributed by atoms with Crippen molar-refractivity contribution < 1.29 is 9.53 Å². The number of hydrogen-bond donors (Lipinski definition) is 0. The van der Waals surface area contributed by atoms with Crippen LogP contribution in [0.3, 0.4) is 0 Å². The number of benzene rings is 2. The number of rotatable bonds is 6. The molecule has 1 unspecified atom stereocenters. The largest absolute Gasteiger partial charge is 0.361 e. The van der Waals surface area contributed by atoms with Crippen molar-refractivity contribution in [1.82, 2.24) is 4.90 Å². The summed E-state index contributed by atoms with van der Waals surface area (Å²) in [5.74, 6) is 1.18. The molecule has 2 aromatic carbocycles. The first-order chi connectivity index (χ1) is 14.6. The van der Waals surface area contributed by atoms with Gasteiger partial charge in [-0.05, 0) is 41.3 Å². The van der Waals surface area contributed by atoms with E-state index in [0.717, 1.165) is 16.9 Å². The van der Waals surface area contributed by atoms with Crippen LogP contribution in [-0.2, 0) is 9.53 Å². The average molecular weight is 481 g/mol. The maximum atomic E-state index is 13.3. The third kappa shape index (κ3) is 6.19. The van der Waals surface area contributed by atoms with Gasteiger partial charge in [0, 0.05) is 26.6 Å². The normalized spacial score (nSPS) is 20.9. The van der Waals surface area contributed by atoms with E-state index in [0.29, 0.717) is 16.0 Å². The highest BCUT2D eigenvalue weighted by Crippen LogP contribution is 2.43. The molecular formula is C25H31Cl2NO2S. The minimum absolute atomic E-state index is 0.0198. The number of ether oxygens (including phenoxy) is 1. The second-order valence-electron chi connectivity index (χ2n) is 9.32. The molecule has 0 N–H and O–H groups in total. The van der Waals surface area contributed by atoms with E-state index in [2.05, 4.69) is 39.5 Å². The summed E-state index contributed by atoms with van der Waals surface area (Å²) < 4.78 is 6.26. The van der Waals surface area contributed by atoms with Gasteiger partial charge in [0.25, 0.3) is 0 Å². The van der Waals surface area contributed by atoms with Gasteiger partial charge in [-0.1, -0.05) is 82.1 Å². The van der Waals surface area contributed by atoms with Gasteiger partial charge in [-0.25, -0.2) is 0 Å². The molecule has 1 fully saturated rings. The van der Waals surface area contributed by atoms with E-state index in [4.69, 9.17) is 27.9 Å². The molecule has 2 aromatic rings. The fraction of sp³-hybridized carbons (Fsp3) is 0.480. The number of amides is 1. The number of thioether (sulfide) groups is 1. The van der Waals surface area contributed by atoms with Gasteiger partial charge in [0.1, 0.15) is 12.7 Å². The molecule has 0 spiro atoms. The SMILES string of the molecule is CC(C)C(CSC(C)(C)C)N1C(=O)CO[C@H](c2cccc(Cl)c2)[C@H]1c1ccc(Cl)cc1. The van der Waals surface area contributed by atoms with Crippen molar-refractivity contribution in [3.8, 4) is 0 Å². The van der Waals surface area contributed by atoms with Crippen LogP contribution in [0.5, 0.6) is 0 Å². The topological polar surface area (TPSA) is 29.5 Å². The van der Waals surface area contributed by atoms with Crippen molar-refractivity contribution in [3.63, 3.8) is 0 Å². The zero-order valence-corrected chi connectivity index (χ0v) is 21.1. The Morgan fingerprint density at radius 3 is 2.32 bits per heavy atom. The van der Waals surface area contributed by atoms with Crippen LogP contribution < -0.4 is 0 Å². The smallest absolute Gasteiger partial charge is 0.249 e. The van der Waals surface area contributed by atoms with Gasteiger partial charge in [0.2, 0.25) is 5.91 Å². The predicted molar refractivity (Wildman–Crippen MR) is 132 cm³/mol. The van der Waals surface area contributed by atoms with E-state index in [-0.39, 0.29) is 35.4 Å². The van der Waals surface area contributed by atoms with E-state index >= 15 is 0 Å². The predicted octanol–water partition coefficient (Wildman–Crippen LogP) is 7.19. The Balaban J connectivity index is 2.08. The molecule has 1 aliphatic heterocycles. The summed E-state index contributed by atoms with van der Waals surface area (Å²) in [7, 11) is 0. The van der Waals surface area contributed by atoms with Crippen LogP contribution in [0.1, 0.15) is 57.9 Å². The Morgan fingerprint density at radius 2 is 1.74 bits per heavy atom. The third-order valence-corrected chi connectivity index (χ3v) is 7.32. The van der Waals surface area contributed by atoms with Crippen LogP contribution in [0.4, 0.5) is 0 Å². The van der Waals surface area contributed by atoms with Crippen LogP contribution in [-0.4, -0.2) is 34.0 Å². The van der Waals surface area contributed by atoms with Crippen molar-refractivity contribution in [1.29, 1.82) is 0 Å². The summed E-state index contributed by atoms with van der Waals surface area (Å²) >= 11 is 14.4. The van der Waals surface area contributed by atoms with Crippen molar-refractivity contribution in [2.24, 2.45) is 5.92 Å². The highest BCUT2D eigenvalue weighted by molar-refractivity contribution is 8.00. The van der Waals surface area contributed by atoms with Crippen LogP contribution in [0, 0.1) is 5.92 Å². The highest BCUT2D eigenvalue weighted by Gasteiger charge is 2.43. The van der Waals surface area contributed by atoms with E-state index in [9.17, 15) is 4.79 Å². The molecule has 3 atom stereocenters. The van der Waals surface area contributed by atoms with E-state index in [1.54, 1.807) is 0 Å². The summed E-state index contributed by atoms with van der Waals surface area (Å²) in [6.07, 6.45) is -0.307. The number of hydrogen-bond acceptors (Lipinski definition) is 3. The molecule has 6 heteroatoms. The second kappa shape index (κ2) is 10.2. The molecular weight excluding hydrogens is 449 g/mol. The van der Waals surface area contributed by atoms with Gasteiger partial charge < -0.3 is 9.64 Å². The molecule has 1 saturated heterocycles. The Bertz CT molecular complexity index is 895. The zero-order valence-electron chi connectivity index (χ0n) is 18.8. The molecule has 1 amide bonds. The maximum absolute atomic E-state index is 13.3. The van der Waals surface area contributed by atoms with E-state index in [1.165, 1.54) is 0 Å². The third-order valence-electron chi connectivity index (χ3n) is 5.46. The fourth-order valence-corrected chi connectivity index (χ4v) is 5.45. The maximum Gasteiger partial charge on any atom is 0.249 e. The molecule has 1 heterocycles. The lowest BCUT2D eigenvalue weighted by Gasteiger charge is -2.47. The lowest BCUT2D eigenvalue weighted by Crippen LogP contribution is -2.53. The first-order valence-corrected chi connectivity index (χ1v) is 12.4. The highest BCUT2D eigenvalue weighted by atomic mass is 35.5. The minimum Gasteiger partial charge on any atom is -0.361 e. The number of carbonyl (C=O) groups is 1. The summed E-state index contributed by atoms with van der Waals surface area (Å²) in [6.45, 7) is 11.1. The van der Waals surface area contributed by atoms with Crippen molar-refractivity contribution in [2.75, 3.05) is 12.4 Å². The number of nitrogens with zero attached hydrogens (tertiary/aromatic N) is 1. The summed E-state index contributed by atoms with van der Waals surface area (Å²) in [6, 6.07) is 15.3. The molecule has 3 nitrogen and oxygen atoms in total. The van der Waals surface area contributed by atoms with Crippen LogP contribution >= 0.6 is 35.0 Å². The van der Waals surface area contributed by atoms with Crippen molar-refractivity contribution in [2.45, 2.75) is 57.6 Å². The van der Waals surface area contributed by atoms with Crippen LogP contribution in [0.15, 0.2) is 48.5 Å². The Hall–Kier alpha value is -1.20. The van der Waals surface area contributed by atoms with Crippen molar-refractivity contribution in [3.05, 3.63) is 69.7 Å². The molecule has 0 aliphatic carbocycles. The Labute approximate surface area is 200 Å². The number of carbonyl (C=O) groups excluding carboxylic acids is 1. The van der Waals surface area contributed by atoms with Gasteiger partial charge >= 0.3 is 0 Å². The molecule has 0 radical (unpaired) electrons. The molecule has 31 heavy (non-hydrogen) atoms. The molecule has 3 rings (SSSR count). The lowest BCUT2D eigenvalue weighted by atomic mass is 9.90. The Morgan fingerprint density at radius 1 is 1.06 bits per heavy atom. The van der Waals surface area contributed by atoms with Gasteiger partial charge in [-0.15, -0.1) is 0 Å². The number of morpholine rings is 1. The monoisotopic (exact) mass is 479 g/mol. The van der Waals surface area contributed by atoms with Gasteiger partial charge in [-0.2, -0.15) is 11.8 Å².